The van der Waals surface area contributed by atoms with E-state index in [1.54, 1.807) is 4.90 Å². The van der Waals surface area contributed by atoms with Crippen molar-refractivity contribution in [3.8, 4) is 0 Å². The first-order chi connectivity index (χ1) is 10.1. The van der Waals surface area contributed by atoms with Crippen LogP contribution in [0.4, 0.5) is 0 Å². The van der Waals surface area contributed by atoms with Crippen LogP contribution < -0.4 is 5.32 Å². The molecule has 0 aliphatic carbocycles. The van der Waals surface area contributed by atoms with Crippen LogP contribution in [0.3, 0.4) is 0 Å². The summed E-state index contributed by atoms with van der Waals surface area (Å²) in [5, 5.41) is 12.9. The zero-order chi connectivity index (χ0) is 15.3. The summed E-state index contributed by atoms with van der Waals surface area (Å²) in [6.45, 7) is 4.07. The molecule has 0 aromatic rings. The molecule has 5 heteroatoms. The lowest BCUT2D eigenvalue weighted by Gasteiger charge is -2.39. The highest BCUT2D eigenvalue weighted by molar-refractivity contribution is 5.79. The van der Waals surface area contributed by atoms with Crippen molar-refractivity contribution < 1.29 is 14.7 Å². The average molecular weight is 296 g/mol. The molecular weight excluding hydrogens is 268 g/mol. The van der Waals surface area contributed by atoms with E-state index in [4.69, 9.17) is 0 Å². The lowest BCUT2D eigenvalue weighted by molar-refractivity contribution is -0.155. The Labute approximate surface area is 127 Å². The molecule has 0 spiro atoms. The summed E-state index contributed by atoms with van der Waals surface area (Å²) in [5.74, 6) is -0.627. The number of piperidine rings is 2. The Morgan fingerprint density at radius 2 is 2.14 bits per heavy atom. The standard InChI is InChI=1S/C16H28N2O3/c1-2-16(15(20)21)9-5-11-18(12-16)14(19)8-7-13-6-3-4-10-17-13/h13,17H,2-12H2,1H3,(H,20,21). The molecule has 2 fully saturated rings. The Balaban J connectivity index is 1.85. The van der Waals surface area contributed by atoms with E-state index in [2.05, 4.69) is 5.32 Å². The van der Waals surface area contributed by atoms with Crippen molar-refractivity contribution in [3.63, 3.8) is 0 Å². The molecule has 2 saturated heterocycles. The highest BCUT2D eigenvalue weighted by atomic mass is 16.4. The van der Waals surface area contributed by atoms with Crippen LogP contribution >= 0.6 is 0 Å². The zero-order valence-electron chi connectivity index (χ0n) is 13.1. The topological polar surface area (TPSA) is 69.6 Å². The molecule has 2 unspecified atom stereocenters. The summed E-state index contributed by atoms with van der Waals surface area (Å²) < 4.78 is 0. The first-order valence-electron chi connectivity index (χ1n) is 8.32. The second-order valence-electron chi connectivity index (χ2n) is 6.54. The van der Waals surface area contributed by atoms with E-state index in [0.717, 1.165) is 25.8 Å². The largest absolute Gasteiger partial charge is 0.481 e. The molecular formula is C16H28N2O3. The van der Waals surface area contributed by atoms with Gasteiger partial charge in [0.1, 0.15) is 0 Å². The number of carbonyl (C=O) groups excluding carboxylic acids is 1. The predicted molar refractivity (Wildman–Crippen MR) is 81.0 cm³/mol. The molecule has 5 nitrogen and oxygen atoms in total. The lowest BCUT2D eigenvalue weighted by Crippen LogP contribution is -2.49. The van der Waals surface area contributed by atoms with E-state index in [-0.39, 0.29) is 5.91 Å². The molecule has 2 N–H and O–H groups in total. The summed E-state index contributed by atoms with van der Waals surface area (Å²) in [4.78, 5) is 25.7. The van der Waals surface area contributed by atoms with Crippen LogP contribution in [0, 0.1) is 5.41 Å². The number of likely N-dealkylation sites (tertiary alicyclic amines) is 1. The van der Waals surface area contributed by atoms with Gasteiger partial charge in [0.15, 0.2) is 0 Å². The van der Waals surface area contributed by atoms with Gasteiger partial charge in [0, 0.05) is 25.6 Å². The SMILES string of the molecule is CCC1(C(=O)O)CCCN(C(=O)CCC2CCCCN2)C1. The molecule has 21 heavy (non-hydrogen) atoms. The smallest absolute Gasteiger partial charge is 0.311 e. The van der Waals surface area contributed by atoms with E-state index in [1.165, 1.54) is 12.8 Å². The molecule has 0 radical (unpaired) electrons. The first kappa shape index (κ1) is 16.3. The minimum Gasteiger partial charge on any atom is -0.481 e. The molecule has 0 saturated carbocycles. The van der Waals surface area contributed by atoms with Crippen LogP contribution in [0.2, 0.25) is 0 Å². The number of hydrogen-bond donors (Lipinski definition) is 2. The Morgan fingerprint density at radius 1 is 1.33 bits per heavy atom. The van der Waals surface area contributed by atoms with Crippen molar-refractivity contribution in [1.29, 1.82) is 0 Å². The van der Waals surface area contributed by atoms with E-state index in [9.17, 15) is 14.7 Å². The number of nitrogens with zero attached hydrogens (tertiary/aromatic N) is 1. The monoisotopic (exact) mass is 296 g/mol. The lowest BCUT2D eigenvalue weighted by atomic mass is 9.77. The van der Waals surface area contributed by atoms with Crippen molar-refractivity contribution in [2.24, 2.45) is 5.41 Å². The second kappa shape index (κ2) is 7.25. The summed E-state index contributed by atoms with van der Waals surface area (Å²) >= 11 is 0. The van der Waals surface area contributed by atoms with Crippen LogP contribution in [0.25, 0.3) is 0 Å². The molecule has 0 aromatic heterocycles. The number of aliphatic carboxylic acids is 1. The van der Waals surface area contributed by atoms with Crippen molar-refractivity contribution in [2.75, 3.05) is 19.6 Å². The summed E-state index contributed by atoms with van der Waals surface area (Å²) in [5.41, 5.74) is -0.725. The van der Waals surface area contributed by atoms with E-state index in [0.29, 0.717) is 38.4 Å². The molecule has 2 heterocycles. The molecule has 0 aromatic carbocycles. The number of rotatable bonds is 5. The number of carbonyl (C=O) groups is 2. The quantitative estimate of drug-likeness (QED) is 0.814. The van der Waals surface area contributed by atoms with Gasteiger partial charge in [-0.15, -0.1) is 0 Å². The first-order valence-corrected chi connectivity index (χ1v) is 8.32. The third-order valence-corrected chi connectivity index (χ3v) is 5.18. The number of hydrogen-bond acceptors (Lipinski definition) is 3. The molecule has 2 aliphatic heterocycles. The highest BCUT2D eigenvalue weighted by Gasteiger charge is 2.41. The Hall–Kier alpha value is -1.10. The summed E-state index contributed by atoms with van der Waals surface area (Å²) in [6.07, 6.45) is 7.12. The maximum Gasteiger partial charge on any atom is 0.311 e. The van der Waals surface area contributed by atoms with E-state index in [1.807, 2.05) is 6.92 Å². The number of carboxylic acid groups (broad SMARTS) is 1. The van der Waals surface area contributed by atoms with Crippen LogP contribution in [0.1, 0.15) is 58.3 Å². The van der Waals surface area contributed by atoms with Gasteiger partial charge in [-0.2, -0.15) is 0 Å². The van der Waals surface area contributed by atoms with E-state index >= 15 is 0 Å². The van der Waals surface area contributed by atoms with Gasteiger partial charge in [-0.25, -0.2) is 0 Å². The third-order valence-electron chi connectivity index (χ3n) is 5.18. The third kappa shape index (κ3) is 3.96. The fraction of sp³-hybridized carbons (Fsp3) is 0.875. The van der Waals surface area contributed by atoms with Gasteiger partial charge in [0.25, 0.3) is 0 Å². The van der Waals surface area contributed by atoms with Gasteiger partial charge in [-0.05, 0) is 45.1 Å². The van der Waals surface area contributed by atoms with Gasteiger partial charge >= 0.3 is 5.97 Å². The van der Waals surface area contributed by atoms with Gasteiger partial charge in [-0.1, -0.05) is 13.3 Å². The van der Waals surface area contributed by atoms with Crippen LogP contribution in [0.15, 0.2) is 0 Å². The second-order valence-corrected chi connectivity index (χ2v) is 6.54. The van der Waals surface area contributed by atoms with Gasteiger partial charge < -0.3 is 15.3 Å². The summed E-state index contributed by atoms with van der Waals surface area (Å²) in [7, 11) is 0. The maximum atomic E-state index is 12.4. The number of amides is 1. The number of carboxylic acids is 1. The maximum absolute atomic E-state index is 12.4. The van der Waals surface area contributed by atoms with Crippen LogP contribution in [-0.2, 0) is 9.59 Å². The normalized spacial score (nSPS) is 30.1. The average Bonchev–Trinajstić information content (AvgIpc) is 2.53. The molecule has 1 amide bonds. The fourth-order valence-electron chi connectivity index (χ4n) is 3.59. The molecule has 2 aliphatic rings. The Bertz CT molecular complexity index is 380. The van der Waals surface area contributed by atoms with Crippen LogP contribution in [0.5, 0.6) is 0 Å². The van der Waals surface area contributed by atoms with E-state index < -0.39 is 11.4 Å². The minimum atomic E-state index is -0.753. The van der Waals surface area contributed by atoms with Crippen molar-refractivity contribution in [1.82, 2.24) is 10.2 Å². The van der Waals surface area contributed by atoms with Crippen molar-refractivity contribution >= 4 is 11.9 Å². The fourth-order valence-corrected chi connectivity index (χ4v) is 3.59. The molecule has 2 rings (SSSR count). The zero-order valence-corrected chi connectivity index (χ0v) is 13.1. The van der Waals surface area contributed by atoms with Gasteiger partial charge in [0.05, 0.1) is 5.41 Å². The Kier molecular flexibility index (Phi) is 5.62. The van der Waals surface area contributed by atoms with Gasteiger partial charge in [-0.3, -0.25) is 9.59 Å². The Morgan fingerprint density at radius 3 is 2.76 bits per heavy atom. The number of nitrogens with one attached hydrogen (secondary N) is 1. The van der Waals surface area contributed by atoms with Gasteiger partial charge in [0.2, 0.25) is 5.91 Å². The predicted octanol–water partition coefficient (Wildman–Crippen LogP) is 2.01. The van der Waals surface area contributed by atoms with Crippen molar-refractivity contribution in [3.05, 3.63) is 0 Å². The molecule has 120 valence electrons. The van der Waals surface area contributed by atoms with Crippen LogP contribution in [-0.4, -0.2) is 47.6 Å². The summed E-state index contributed by atoms with van der Waals surface area (Å²) in [6, 6.07) is 0.461. The van der Waals surface area contributed by atoms with Crippen molar-refractivity contribution in [2.45, 2.75) is 64.3 Å². The highest BCUT2D eigenvalue weighted by Crippen LogP contribution is 2.34. The molecule has 2 atom stereocenters. The minimum absolute atomic E-state index is 0.126. The molecule has 0 bridgehead atoms.